The smallest absolute Gasteiger partial charge is 0.260 e. The number of hydrogen-bond acceptors (Lipinski definition) is 4. The predicted molar refractivity (Wildman–Crippen MR) is 119 cm³/mol. The number of aromatic nitrogens is 1. The van der Waals surface area contributed by atoms with Crippen molar-refractivity contribution in [2.45, 2.75) is 5.92 Å². The minimum Gasteiger partial charge on any atom is -0.493 e. The van der Waals surface area contributed by atoms with Gasteiger partial charge in [0.1, 0.15) is 0 Å². The van der Waals surface area contributed by atoms with Crippen LogP contribution in [0.3, 0.4) is 0 Å². The van der Waals surface area contributed by atoms with E-state index >= 15 is 0 Å². The third kappa shape index (κ3) is 3.74. The van der Waals surface area contributed by atoms with Gasteiger partial charge in [0, 0.05) is 19.2 Å². The Balaban J connectivity index is 1.83. The van der Waals surface area contributed by atoms with Crippen LogP contribution in [-0.2, 0) is 11.8 Å². The fourth-order valence-electron chi connectivity index (χ4n) is 3.49. The van der Waals surface area contributed by atoms with Gasteiger partial charge in [0.05, 0.1) is 30.4 Å². The van der Waals surface area contributed by atoms with Gasteiger partial charge in [0.2, 0.25) is 0 Å². The summed E-state index contributed by atoms with van der Waals surface area (Å²) in [6.45, 7) is 0. The van der Waals surface area contributed by atoms with Crippen LogP contribution < -0.4 is 14.3 Å². The lowest BCUT2D eigenvalue weighted by molar-refractivity contribution is -0.118. The molecule has 1 amide bonds. The molecule has 30 heavy (non-hydrogen) atoms. The van der Waals surface area contributed by atoms with Gasteiger partial charge in [0.15, 0.2) is 16.3 Å². The standard InChI is InChI=1S/C24H22N2O3S/c1-26-18-14-19(28-2)20(29-3)15-21(18)30-24(26)25-23(27)22(16-10-6-4-7-11-16)17-12-8-5-9-13-17/h4-15,22H,1-3H3. The zero-order chi connectivity index (χ0) is 21.1. The van der Waals surface area contributed by atoms with Crippen molar-refractivity contribution >= 4 is 27.5 Å². The molecule has 6 heteroatoms. The number of carbonyl (C=O) groups is 1. The van der Waals surface area contributed by atoms with Crippen LogP contribution in [-0.4, -0.2) is 24.7 Å². The van der Waals surface area contributed by atoms with Gasteiger partial charge in [0.25, 0.3) is 5.91 Å². The van der Waals surface area contributed by atoms with Crippen LogP contribution in [0.25, 0.3) is 10.2 Å². The average Bonchev–Trinajstić information content (AvgIpc) is 3.08. The summed E-state index contributed by atoms with van der Waals surface area (Å²) in [6, 6.07) is 23.3. The zero-order valence-electron chi connectivity index (χ0n) is 17.0. The molecule has 0 saturated carbocycles. The molecule has 0 aliphatic heterocycles. The first kappa shape index (κ1) is 19.9. The number of thiazole rings is 1. The molecule has 0 aliphatic carbocycles. The highest BCUT2D eigenvalue weighted by Crippen LogP contribution is 2.33. The Kier molecular flexibility index (Phi) is 5.68. The zero-order valence-corrected chi connectivity index (χ0v) is 17.8. The van der Waals surface area contributed by atoms with Gasteiger partial charge < -0.3 is 14.0 Å². The number of rotatable bonds is 5. The van der Waals surface area contributed by atoms with Crippen LogP contribution in [0.2, 0.25) is 0 Å². The summed E-state index contributed by atoms with van der Waals surface area (Å²) in [6.07, 6.45) is 0. The van der Waals surface area contributed by atoms with Crippen molar-refractivity contribution in [1.82, 2.24) is 4.57 Å². The Morgan fingerprint density at radius 1 is 0.900 bits per heavy atom. The van der Waals surface area contributed by atoms with E-state index in [1.54, 1.807) is 14.2 Å². The van der Waals surface area contributed by atoms with E-state index in [-0.39, 0.29) is 5.91 Å². The molecule has 4 rings (SSSR count). The molecule has 0 atom stereocenters. The van der Waals surface area contributed by atoms with Crippen LogP contribution >= 0.6 is 11.3 Å². The normalized spacial score (nSPS) is 11.8. The van der Waals surface area contributed by atoms with Gasteiger partial charge in [-0.2, -0.15) is 4.99 Å². The summed E-state index contributed by atoms with van der Waals surface area (Å²) in [5, 5.41) is 0. The largest absolute Gasteiger partial charge is 0.493 e. The summed E-state index contributed by atoms with van der Waals surface area (Å²) in [7, 11) is 5.11. The maximum absolute atomic E-state index is 13.4. The molecule has 1 aromatic heterocycles. The van der Waals surface area contributed by atoms with E-state index in [1.807, 2.05) is 84.4 Å². The van der Waals surface area contributed by atoms with Crippen LogP contribution in [0.5, 0.6) is 11.5 Å². The molecule has 1 heterocycles. The maximum atomic E-state index is 13.4. The molecule has 0 bridgehead atoms. The number of methoxy groups -OCH3 is 2. The van der Waals surface area contributed by atoms with Crippen molar-refractivity contribution in [2.24, 2.45) is 12.0 Å². The first-order valence-electron chi connectivity index (χ1n) is 9.52. The topological polar surface area (TPSA) is 52.8 Å². The Morgan fingerprint density at radius 2 is 1.43 bits per heavy atom. The fourth-order valence-corrected chi connectivity index (χ4v) is 4.52. The fraction of sp³-hybridized carbons (Fsp3) is 0.167. The summed E-state index contributed by atoms with van der Waals surface area (Å²) < 4.78 is 13.7. The van der Waals surface area contributed by atoms with Crippen molar-refractivity contribution in [2.75, 3.05) is 14.2 Å². The number of nitrogens with zero attached hydrogens (tertiary/aromatic N) is 2. The first-order chi connectivity index (χ1) is 14.6. The van der Waals surface area contributed by atoms with Crippen molar-refractivity contribution in [1.29, 1.82) is 0 Å². The third-order valence-electron chi connectivity index (χ3n) is 5.03. The molecule has 3 aromatic carbocycles. The number of hydrogen-bond donors (Lipinski definition) is 0. The molecular weight excluding hydrogens is 396 g/mol. The van der Waals surface area contributed by atoms with Gasteiger partial charge in [-0.1, -0.05) is 72.0 Å². The van der Waals surface area contributed by atoms with Crippen molar-refractivity contribution in [3.63, 3.8) is 0 Å². The van der Waals surface area contributed by atoms with Gasteiger partial charge >= 0.3 is 0 Å². The van der Waals surface area contributed by atoms with Gasteiger partial charge in [-0.3, -0.25) is 4.79 Å². The SMILES string of the molecule is COc1cc2sc(=NC(=O)C(c3ccccc3)c3ccccc3)n(C)c2cc1OC. The Labute approximate surface area is 178 Å². The second kappa shape index (κ2) is 8.55. The molecule has 152 valence electrons. The summed E-state index contributed by atoms with van der Waals surface area (Å²) in [5.41, 5.74) is 2.77. The molecule has 0 N–H and O–H groups in total. The first-order valence-corrected chi connectivity index (χ1v) is 10.3. The molecule has 0 radical (unpaired) electrons. The van der Waals surface area contributed by atoms with Crippen molar-refractivity contribution in [3.8, 4) is 11.5 Å². The minimum atomic E-state index is -0.457. The second-order valence-corrected chi connectivity index (χ2v) is 7.83. The lowest BCUT2D eigenvalue weighted by Gasteiger charge is -2.14. The van der Waals surface area contributed by atoms with E-state index in [0.29, 0.717) is 16.3 Å². The van der Waals surface area contributed by atoms with Crippen LogP contribution in [0.1, 0.15) is 17.0 Å². The van der Waals surface area contributed by atoms with Gasteiger partial charge in [-0.15, -0.1) is 0 Å². The summed E-state index contributed by atoms with van der Waals surface area (Å²) >= 11 is 1.45. The molecule has 0 spiro atoms. The number of aryl methyl sites for hydroxylation is 1. The Morgan fingerprint density at radius 3 is 1.97 bits per heavy atom. The van der Waals surface area contributed by atoms with E-state index in [4.69, 9.17) is 9.47 Å². The molecule has 0 fully saturated rings. The van der Waals surface area contributed by atoms with E-state index in [0.717, 1.165) is 21.3 Å². The van der Waals surface area contributed by atoms with Crippen molar-refractivity contribution < 1.29 is 14.3 Å². The van der Waals surface area contributed by atoms with E-state index in [1.165, 1.54) is 11.3 Å². The maximum Gasteiger partial charge on any atom is 0.260 e. The number of fused-ring (bicyclic) bond motifs is 1. The lowest BCUT2D eigenvalue weighted by Crippen LogP contribution is -2.18. The summed E-state index contributed by atoms with van der Waals surface area (Å²) in [5.74, 6) is 0.633. The molecular formula is C24H22N2O3S. The average molecular weight is 419 g/mol. The quantitative estimate of drug-likeness (QED) is 0.479. The van der Waals surface area contributed by atoms with Crippen LogP contribution in [0.15, 0.2) is 77.8 Å². The Hall–Kier alpha value is -3.38. The monoisotopic (exact) mass is 418 g/mol. The van der Waals surface area contributed by atoms with Crippen LogP contribution in [0, 0.1) is 0 Å². The molecule has 0 aliphatic rings. The second-order valence-electron chi connectivity index (χ2n) is 6.82. The number of amides is 1. The molecule has 4 aromatic rings. The molecule has 5 nitrogen and oxygen atoms in total. The molecule has 0 unspecified atom stereocenters. The summed E-state index contributed by atoms with van der Waals surface area (Å²) in [4.78, 5) is 18.5. The molecule has 0 saturated heterocycles. The minimum absolute atomic E-state index is 0.200. The van der Waals surface area contributed by atoms with Gasteiger partial charge in [-0.25, -0.2) is 0 Å². The van der Waals surface area contributed by atoms with Crippen LogP contribution in [0.4, 0.5) is 0 Å². The predicted octanol–water partition coefficient (Wildman–Crippen LogP) is 4.52. The number of benzene rings is 3. The lowest BCUT2D eigenvalue weighted by atomic mass is 9.91. The Bertz CT molecular complexity index is 1200. The highest BCUT2D eigenvalue weighted by molar-refractivity contribution is 7.16. The number of ether oxygens (including phenoxy) is 2. The van der Waals surface area contributed by atoms with E-state index in [9.17, 15) is 4.79 Å². The van der Waals surface area contributed by atoms with E-state index < -0.39 is 5.92 Å². The highest BCUT2D eigenvalue weighted by Gasteiger charge is 2.22. The third-order valence-corrected chi connectivity index (χ3v) is 6.13. The van der Waals surface area contributed by atoms with E-state index in [2.05, 4.69) is 4.99 Å². The van der Waals surface area contributed by atoms with Crippen molar-refractivity contribution in [3.05, 3.63) is 88.7 Å². The highest BCUT2D eigenvalue weighted by atomic mass is 32.1. The van der Waals surface area contributed by atoms with Gasteiger partial charge in [-0.05, 0) is 11.1 Å². The number of carbonyl (C=O) groups excluding carboxylic acids is 1.